The van der Waals surface area contributed by atoms with E-state index < -0.39 is 0 Å². The number of carbonyl (C=O) groups is 2. The van der Waals surface area contributed by atoms with Crippen LogP contribution in [-0.4, -0.2) is 18.5 Å². The van der Waals surface area contributed by atoms with Gasteiger partial charge in [0.1, 0.15) is 0 Å². The number of thiophene rings is 1. The lowest BCUT2D eigenvalue weighted by Crippen LogP contribution is -2.21. The van der Waals surface area contributed by atoms with Crippen molar-refractivity contribution in [1.29, 1.82) is 0 Å². The number of esters is 1. The Morgan fingerprint density at radius 3 is 2.83 bits per heavy atom. The second-order valence-corrected chi connectivity index (χ2v) is 6.57. The van der Waals surface area contributed by atoms with E-state index in [1.165, 1.54) is 4.88 Å². The van der Waals surface area contributed by atoms with Gasteiger partial charge in [-0.25, -0.2) is 0 Å². The second-order valence-electron chi connectivity index (χ2n) is 5.10. The van der Waals surface area contributed by atoms with Crippen LogP contribution in [0.25, 0.3) is 0 Å². The molecule has 1 N–H and O–H groups in total. The van der Waals surface area contributed by atoms with Gasteiger partial charge in [-0.3, -0.25) is 9.59 Å². The van der Waals surface area contributed by atoms with E-state index in [9.17, 15) is 9.59 Å². The van der Waals surface area contributed by atoms with Crippen molar-refractivity contribution in [3.63, 3.8) is 0 Å². The normalized spacial score (nSPS) is 10.3. The highest BCUT2D eigenvalue weighted by Crippen LogP contribution is 2.19. The third kappa shape index (κ3) is 6.04. The summed E-state index contributed by atoms with van der Waals surface area (Å²) >= 11 is 7.53. The van der Waals surface area contributed by atoms with E-state index in [0.717, 1.165) is 18.4 Å². The minimum atomic E-state index is -0.359. The molecule has 2 rings (SSSR count). The van der Waals surface area contributed by atoms with Crippen LogP contribution >= 0.6 is 22.9 Å². The molecule has 0 saturated carbocycles. The Morgan fingerprint density at radius 2 is 2.13 bits per heavy atom. The third-order valence-corrected chi connectivity index (χ3v) is 4.38. The standard InChI is InChI=1S/C17H18ClNO3S/c1-12-10-13(18)7-8-15(12)19-16(20)11-22-17(21)6-2-4-14-5-3-9-23-14/h3,5,7-10H,2,4,6,11H2,1H3,(H,19,20). The van der Waals surface area contributed by atoms with Gasteiger partial charge in [0.05, 0.1) is 0 Å². The van der Waals surface area contributed by atoms with Crippen LogP contribution in [0.3, 0.4) is 0 Å². The highest BCUT2D eigenvalue weighted by Gasteiger charge is 2.09. The number of aryl methyl sites for hydroxylation is 2. The van der Waals surface area contributed by atoms with E-state index in [0.29, 0.717) is 17.1 Å². The Kier molecular flexibility index (Phi) is 6.62. The lowest BCUT2D eigenvalue weighted by atomic mass is 10.2. The minimum Gasteiger partial charge on any atom is -0.456 e. The largest absolute Gasteiger partial charge is 0.456 e. The maximum Gasteiger partial charge on any atom is 0.306 e. The third-order valence-electron chi connectivity index (χ3n) is 3.21. The predicted molar refractivity (Wildman–Crippen MR) is 93.0 cm³/mol. The number of carbonyl (C=O) groups excluding carboxylic acids is 2. The Balaban J connectivity index is 1.68. The van der Waals surface area contributed by atoms with Crippen molar-refractivity contribution in [2.24, 2.45) is 0 Å². The Morgan fingerprint density at radius 1 is 1.30 bits per heavy atom. The Bertz CT molecular complexity index is 670. The first kappa shape index (κ1) is 17.5. The van der Waals surface area contributed by atoms with Gasteiger partial charge < -0.3 is 10.1 Å². The molecule has 0 unspecified atom stereocenters. The number of amides is 1. The second kappa shape index (κ2) is 8.70. The SMILES string of the molecule is Cc1cc(Cl)ccc1NC(=O)COC(=O)CCCc1cccs1. The molecule has 23 heavy (non-hydrogen) atoms. The lowest BCUT2D eigenvalue weighted by molar-refractivity contribution is -0.147. The van der Waals surface area contributed by atoms with Crippen LogP contribution in [0.5, 0.6) is 0 Å². The molecule has 2 aromatic rings. The zero-order valence-electron chi connectivity index (χ0n) is 12.8. The highest BCUT2D eigenvalue weighted by molar-refractivity contribution is 7.09. The summed E-state index contributed by atoms with van der Waals surface area (Å²) in [5.74, 6) is -0.716. The monoisotopic (exact) mass is 351 g/mol. The topological polar surface area (TPSA) is 55.4 Å². The molecular weight excluding hydrogens is 334 g/mol. The molecule has 0 atom stereocenters. The van der Waals surface area contributed by atoms with Crippen LogP contribution in [-0.2, 0) is 20.7 Å². The van der Waals surface area contributed by atoms with Gasteiger partial charge in [0, 0.05) is 22.0 Å². The van der Waals surface area contributed by atoms with Crippen LogP contribution in [0.15, 0.2) is 35.7 Å². The van der Waals surface area contributed by atoms with Gasteiger partial charge in [0.15, 0.2) is 6.61 Å². The fourth-order valence-electron chi connectivity index (χ4n) is 2.03. The highest BCUT2D eigenvalue weighted by atomic mass is 35.5. The van der Waals surface area contributed by atoms with Crippen LogP contribution in [0.4, 0.5) is 5.69 Å². The summed E-state index contributed by atoms with van der Waals surface area (Å²) in [6.07, 6.45) is 1.88. The van der Waals surface area contributed by atoms with Crippen molar-refractivity contribution < 1.29 is 14.3 Å². The molecule has 0 aliphatic rings. The first-order chi connectivity index (χ1) is 11.0. The van der Waals surface area contributed by atoms with Gasteiger partial charge in [0.2, 0.25) is 0 Å². The van der Waals surface area contributed by atoms with Crippen LogP contribution in [0.1, 0.15) is 23.3 Å². The van der Waals surface area contributed by atoms with Gasteiger partial charge in [-0.1, -0.05) is 17.7 Å². The number of hydrogen-bond donors (Lipinski definition) is 1. The molecule has 1 amide bonds. The lowest BCUT2D eigenvalue weighted by Gasteiger charge is -2.09. The van der Waals surface area contributed by atoms with E-state index in [2.05, 4.69) is 5.32 Å². The van der Waals surface area contributed by atoms with E-state index in [1.54, 1.807) is 29.5 Å². The summed E-state index contributed by atoms with van der Waals surface area (Å²) < 4.78 is 4.99. The summed E-state index contributed by atoms with van der Waals surface area (Å²) in [4.78, 5) is 24.7. The van der Waals surface area contributed by atoms with Crippen molar-refractivity contribution in [1.82, 2.24) is 0 Å². The fraction of sp³-hybridized carbons (Fsp3) is 0.294. The molecule has 6 heteroatoms. The van der Waals surface area contributed by atoms with Crippen LogP contribution < -0.4 is 5.32 Å². The molecule has 4 nitrogen and oxygen atoms in total. The average molecular weight is 352 g/mol. The van der Waals surface area contributed by atoms with Crippen molar-refractivity contribution in [3.8, 4) is 0 Å². The first-order valence-electron chi connectivity index (χ1n) is 7.28. The number of anilines is 1. The van der Waals surface area contributed by atoms with Crippen molar-refractivity contribution >= 4 is 40.5 Å². The summed E-state index contributed by atoms with van der Waals surface area (Å²) in [7, 11) is 0. The van der Waals surface area contributed by atoms with Gasteiger partial charge in [-0.15, -0.1) is 11.3 Å². The molecule has 1 aromatic heterocycles. The predicted octanol–water partition coefficient (Wildman–Crippen LogP) is 4.21. The van der Waals surface area contributed by atoms with Crippen molar-refractivity contribution in [3.05, 3.63) is 51.2 Å². The van der Waals surface area contributed by atoms with E-state index in [-0.39, 0.29) is 18.5 Å². The number of hydrogen-bond acceptors (Lipinski definition) is 4. The zero-order valence-corrected chi connectivity index (χ0v) is 14.4. The van der Waals surface area contributed by atoms with Crippen LogP contribution in [0.2, 0.25) is 5.02 Å². The number of benzene rings is 1. The zero-order chi connectivity index (χ0) is 16.7. The molecular formula is C17H18ClNO3S. The molecule has 0 spiro atoms. The molecule has 0 radical (unpaired) electrons. The fourth-order valence-corrected chi connectivity index (χ4v) is 3.01. The van der Waals surface area contributed by atoms with Gasteiger partial charge >= 0.3 is 5.97 Å². The molecule has 0 aliphatic heterocycles. The molecule has 0 bridgehead atoms. The Hall–Kier alpha value is -1.85. The molecule has 0 fully saturated rings. The number of ether oxygens (including phenoxy) is 1. The van der Waals surface area contributed by atoms with Gasteiger partial charge in [-0.2, -0.15) is 0 Å². The van der Waals surface area contributed by atoms with E-state index >= 15 is 0 Å². The molecule has 0 aliphatic carbocycles. The van der Waals surface area contributed by atoms with Crippen molar-refractivity contribution in [2.45, 2.75) is 26.2 Å². The van der Waals surface area contributed by atoms with Gasteiger partial charge in [-0.05, 0) is 55.0 Å². The van der Waals surface area contributed by atoms with Crippen molar-refractivity contribution in [2.75, 3.05) is 11.9 Å². The number of nitrogens with one attached hydrogen (secondary N) is 1. The quantitative estimate of drug-likeness (QED) is 0.760. The Labute approximate surface area is 144 Å². The van der Waals surface area contributed by atoms with Gasteiger partial charge in [0.25, 0.3) is 5.91 Å². The number of halogens is 1. The molecule has 0 saturated heterocycles. The molecule has 1 aromatic carbocycles. The summed E-state index contributed by atoms with van der Waals surface area (Å²) in [6, 6.07) is 9.20. The summed E-state index contributed by atoms with van der Waals surface area (Å²) in [6.45, 7) is 1.57. The smallest absolute Gasteiger partial charge is 0.306 e. The summed E-state index contributed by atoms with van der Waals surface area (Å²) in [5.41, 5.74) is 1.52. The van der Waals surface area contributed by atoms with Crippen LogP contribution in [0, 0.1) is 6.92 Å². The van der Waals surface area contributed by atoms with E-state index in [1.807, 2.05) is 24.4 Å². The summed E-state index contributed by atoms with van der Waals surface area (Å²) in [5, 5.41) is 5.32. The number of rotatable bonds is 7. The van der Waals surface area contributed by atoms with E-state index in [4.69, 9.17) is 16.3 Å². The average Bonchev–Trinajstić information content (AvgIpc) is 3.01. The first-order valence-corrected chi connectivity index (χ1v) is 8.54. The maximum absolute atomic E-state index is 11.8. The maximum atomic E-state index is 11.8. The molecule has 1 heterocycles. The minimum absolute atomic E-state index is 0.278. The molecule has 122 valence electrons.